The molecule has 1 amide bonds. The van der Waals surface area contributed by atoms with E-state index in [9.17, 15) is 4.79 Å². The van der Waals surface area contributed by atoms with Crippen LogP contribution in [0, 0.1) is 12.8 Å². The molecule has 1 unspecified atom stereocenters. The number of hydrogen-bond donors (Lipinski definition) is 2. The maximum absolute atomic E-state index is 12.0. The van der Waals surface area contributed by atoms with Crippen molar-refractivity contribution in [3.05, 3.63) is 16.1 Å². The van der Waals surface area contributed by atoms with Gasteiger partial charge < -0.3 is 20.3 Å². The molecule has 1 aromatic heterocycles. The summed E-state index contributed by atoms with van der Waals surface area (Å²) >= 11 is 1.36. The van der Waals surface area contributed by atoms with Crippen molar-refractivity contribution < 1.29 is 9.53 Å². The number of rotatable bonds is 7. The van der Waals surface area contributed by atoms with Gasteiger partial charge in [0.15, 0.2) is 5.96 Å². The molecular formula is C16H27N5O2S. The second kappa shape index (κ2) is 9.58. The van der Waals surface area contributed by atoms with E-state index in [-0.39, 0.29) is 5.91 Å². The average Bonchev–Trinajstić information content (AvgIpc) is 3.21. The number of nitrogens with zero attached hydrogens (tertiary/aromatic N) is 3. The Morgan fingerprint density at radius 2 is 2.38 bits per heavy atom. The van der Waals surface area contributed by atoms with Crippen LogP contribution in [0.15, 0.2) is 10.5 Å². The Morgan fingerprint density at radius 1 is 1.54 bits per heavy atom. The van der Waals surface area contributed by atoms with Crippen LogP contribution in [0.1, 0.15) is 28.7 Å². The molecule has 1 aromatic rings. The number of carbonyl (C=O) groups is 1. The summed E-state index contributed by atoms with van der Waals surface area (Å²) in [5.41, 5.74) is 2.46. The van der Waals surface area contributed by atoms with Gasteiger partial charge in [-0.3, -0.25) is 9.79 Å². The molecule has 2 rings (SSSR count). The molecule has 8 heteroatoms. The van der Waals surface area contributed by atoms with Gasteiger partial charge in [-0.2, -0.15) is 0 Å². The van der Waals surface area contributed by atoms with Crippen LogP contribution < -0.4 is 10.6 Å². The van der Waals surface area contributed by atoms with Crippen LogP contribution in [-0.4, -0.2) is 68.2 Å². The van der Waals surface area contributed by atoms with Gasteiger partial charge in [0.05, 0.1) is 24.4 Å². The maximum Gasteiger partial charge on any atom is 0.263 e. The predicted molar refractivity (Wildman–Crippen MR) is 96.7 cm³/mol. The first kappa shape index (κ1) is 18.7. The van der Waals surface area contributed by atoms with E-state index in [1.165, 1.54) is 11.3 Å². The number of aromatic nitrogens is 1. The third kappa shape index (κ3) is 5.45. The van der Waals surface area contributed by atoms with Crippen molar-refractivity contribution in [2.24, 2.45) is 10.9 Å². The number of guanidine groups is 1. The Balaban J connectivity index is 1.79. The number of thiazole rings is 1. The lowest BCUT2D eigenvalue weighted by molar-refractivity contribution is 0.0958. The zero-order valence-corrected chi connectivity index (χ0v) is 15.5. The van der Waals surface area contributed by atoms with Crippen molar-refractivity contribution in [1.29, 1.82) is 0 Å². The molecule has 1 atom stereocenters. The van der Waals surface area contributed by atoms with Crippen LogP contribution in [0.4, 0.5) is 0 Å². The van der Waals surface area contributed by atoms with Crippen molar-refractivity contribution in [3.8, 4) is 0 Å². The number of carbonyl (C=O) groups excluding carboxylic acids is 1. The summed E-state index contributed by atoms with van der Waals surface area (Å²) in [5, 5.41) is 6.19. The number of hydrogen-bond acceptors (Lipinski definition) is 5. The smallest absolute Gasteiger partial charge is 0.263 e. The minimum atomic E-state index is -0.0772. The van der Waals surface area contributed by atoms with Crippen LogP contribution in [-0.2, 0) is 4.74 Å². The number of nitrogens with one attached hydrogen (secondary N) is 2. The highest BCUT2D eigenvalue weighted by Crippen LogP contribution is 2.13. The zero-order chi connectivity index (χ0) is 17.4. The monoisotopic (exact) mass is 353 g/mol. The van der Waals surface area contributed by atoms with Crippen LogP contribution in [0.3, 0.4) is 0 Å². The molecule has 1 aliphatic rings. The highest BCUT2D eigenvalue weighted by Gasteiger charge is 2.19. The van der Waals surface area contributed by atoms with E-state index in [4.69, 9.17) is 4.74 Å². The third-order valence-corrected chi connectivity index (χ3v) is 4.79. The maximum atomic E-state index is 12.0. The second-order valence-electron chi connectivity index (χ2n) is 5.87. The molecule has 0 aliphatic carbocycles. The van der Waals surface area contributed by atoms with E-state index >= 15 is 0 Å². The summed E-state index contributed by atoms with van der Waals surface area (Å²) in [6, 6.07) is 0. The number of ether oxygens (including phenoxy) is 1. The van der Waals surface area contributed by atoms with E-state index in [1.807, 2.05) is 14.0 Å². The molecule has 0 saturated carbocycles. The second-order valence-corrected chi connectivity index (χ2v) is 6.72. The molecule has 7 nitrogen and oxygen atoms in total. The van der Waals surface area contributed by atoms with Gasteiger partial charge in [-0.1, -0.05) is 0 Å². The van der Waals surface area contributed by atoms with Crippen LogP contribution >= 0.6 is 11.3 Å². The Labute approximate surface area is 147 Å². The first-order chi connectivity index (χ1) is 11.6. The highest BCUT2D eigenvalue weighted by molar-refractivity contribution is 7.11. The van der Waals surface area contributed by atoms with E-state index in [1.54, 1.807) is 5.51 Å². The van der Waals surface area contributed by atoms with Gasteiger partial charge in [0.1, 0.15) is 4.88 Å². The quantitative estimate of drug-likeness (QED) is 0.436. The minimum absolute atomic E-state index is 0.0772. The summed E-state index contributed by atoms with van der Waals surface area (Å²) in [6.07, 6.45) is 1.11. The fourth-order valence-corrected chi connectivity index (χ4v) is 3.32. The molecule has 1 saturated heterocycles. The van der Waals surface area contributed by atoms with Crippen LogP contribution in [0.2, 0.25) is 0 Å². The van der Waals surface area contributed by atoms with Crippen molar-refractivity contribution in [1.82, 2.24) is 20.5 Å². The summed E-state index contributed by atoms with van der Waals surface area (Å²) in [5.74, 6) is 1.35. The Hall–Kier alpha value is -1.67. The predicted octanol–water partition coefficient (Wildman–Crippen LogP) is 1.12. The van der Waals surface area contributed by atoms with Crippen LogP contribution in [0.25, 0.3) is 0 Å². The van der Waals surface area contributed by atoms with E-state index in [0.717, 1.165) is 44.4 Å². The highest BCUT2D eigenvalue weighted by atomic mass is 32.1. The fourth-order valence-electron chi connectivity index (χ4n) is 2.60. The third-order valence-electron chi connectivity index (χ3n) is 3.86. The van der Waals surface area contributed by atoms with Gasteiger partial charge >= 0.3 is 0 Å². The molecule has 0 radical (unpaired) electrons. The van der Waals surface area contributed by atoms with Crippen molar-refractivity contribution in [2.45, 2.75) is 20.3 Å². The Bertz CT molecular complexity index is 554. The SMILES string of the molecule is CCNC(=NCCNC(=O)c1scnc1C)N(C)CC1CCOC1. The lowest BCUT2D eigenvalue weighted by Gasteiger charge is -2.24. The fraction of sp³-hybridized carbons (Fsp3) is 0.688. The summed E-state index contributed by atoms with van der Waals surface area (Å²) < 4.78 is 5.43. The molecule has 24 heavy (non-hydrogen) atoms. The summed E-state index contributed by atoms with van der Waals surface area (Å²) in [7, 11) is 2.04. The lowest BCUT2D eigenvalue weighted by Crippen LogP contribution is -2.42. The first-order valence-electron chi connectivity index (χ1n) is 8.37. The number of amides is 1. The van der Waals surface area contributed by atoms with Crippen molar-refractivity contribution in [3.63, 3.8) is 0 Å². The molecule has 0 aromatic carbocycles. The van der Waals surface area contributed by atoms with Crippen molar-refractivity contribution in [2.75, 3.05) is 46.4 Å². The topological polar surface area (TPSA) is 78.8 Å². The van der Waals surface area contributed by atoms with Gasteiger partial charge in [0.25, 0.3) is 5.91 Å². The largest absolute Gasteiger partial charge is 0.381 e. The molecule has 1 fully saturated rings. The zero-order valence-electron chi connectivity index (χ0n) is 14.7. The van der Waals surface area contributed by atoms with Gasteiger partial charge in [-0.05, 0) is 20.3 Å². The molecule has 0 spiro atoms. The van der Waals surface area contributed by atoms with Crippen molar-refractivity contribution >= 4 is 23.2 Å². The molecule has 2 heterocycles. The van der Waals surface area contributed by atoms with Crippen LogP contribution in [0.5, 0.6) is 0 Å². The average molecular weight is 353 g/mol. The van der Waals surface area contributed by atoms with E-state index in [2.05, 4.69) is 32.4 Å². The van der Waals surface area contributed by atoms with Gasteiger partial charge in [-0.25, -0.2) is 4.98 Å². The normalized spacial score (nSPS) is 17.8. The van der Waals surface area contributed by atoms with Gasteiger partial charge in [-0.15, -0.1) is 11.3 Å². The Morgan fingerprint density at radius 3 is 3.00 bits per heavy atom. The molecule has 1 aliphatic heterocycles. The Kier molecular flexibility index (Phi) is 7.45. The summed E-state index contributed by atoms with van der Waals surface area (Å²) in [6.45, 7) is 8.37. The summed E-state index contributed by atoms with van der Waals surface area (Å²) in [4.78, 5) is 23.5. The molecule has 2 N–H and O–H groups in total. The molecule has 134 valence electrons. The molecule has 0 bridgehead atoms. The van der Waals surface area contributed by atoms with E-state index in [0.29, 0.717) is 23.9 Å². The minimum Gasteiger partial charge on any atom is -0.381 e. The number of aliphatic imine (C=N–C) groups is 1. The number of aryl methyl sites for hydroxylation is 1. The van der Waals surface area contributed by atoms with E-state index < -0.39 is 0 Å². The molecular weight excluding hydrogens is 326 g/mol. The first-order valence-corrected chi connectivity index (χ1v) is 9.25. The standard InChI is InChI=1S/C16H27N5O2S/c1-4-17-16(21(3)9-13-5-8-23-10-13)19-7-6-18-15(22)14-12(2)20-11-24-14/h11,13H,4-10H2,1-3H3,(H,17,19)(H,18,22). The van der Waals surface area contributed by atoms with Gasteiger partial charge in [0, 0.05) is 39.2 Å². The van der Waals surface area contributed by atoms with Gasteiger partial charge in [0.2, 0.25) is 0 Å². The lowest BCUT2D eigenvalue weighted by atomic mass is 10.1.